The SMILES string of the molecule is CN(CCOc1ccc(Cl)cc1)CC(O)Cc1ccccc1. The van der Waals surface area contributed by atoms with Crippen molar-refractivity contribution in [3.8, 4) is 5.75 Å². The van der Waals surface area contributed by atoms with Gasteiger partial charge in [-0.3, -0.25) is 0 Å². The fourth-order valence-corrected chi connectivity index (χ4v) is 2.38. The predicted octanol–water partition coefficient (Wildman–Crippen LogP) is 3.25. The first-order valence-electron chi connectivity index (χ1n) is 7.42. The minimum absolute atomic E-state index is 0.372. The van der Waals surface area contributed by atoms with Crippen molar-refractivity contribution in [3.05, 3.63) is 65.2 Å². The highest BCUT2D eigenvalue weighted by molar-refractivity contribution is 6.30. The summed E-state index contributed by atoms with van der Waals surface area (Å²) in [5.41, 5.74) is 1.15. The second-order valence-electron chi connectivity index (χ2n) is 5.41. The van der Waals surface area contributed by atoms with E-state index in [4.69, 9.17) is 16.3 Å². The number of benzene rings is 2. The van der Waals surface area contributed by atoms with E-state index >= 15 is 0 Å². The topological polar surface area (TPSA) is 32.7 Å². The molecule has 0 spiro atoms. The van der Waals surface area contributed by atoms with Crippen molar-refractivity contribution in [2.45, 2.75) is 12.5 Å². The standard InChI is InChI=1S/C18H22ClNO2/c1-20(11-12-22-18-9-7-16(19)8-10-18)14-17(21)13-15-5-3-2-4-6-15/h2-10,17,21H,11-14H2,1H3. The van der Waals surface area contributed by atoms with Crippen LogP contribution in [0.25, 0.3) is 0 Å². The van der Waals surface area contributed by atoms with Crippen molar-refractivity contribution in [1.29, 1.82) is 0 Å². The molecular formula is C18H22ClNO2. The Morgan fingerprint density at radius 2 is 1.77 bits per heavy atom. The first kappa shape index (κ1) is 16.8. The number of ether oxygens (including phenoxy) is 1. The van der Waals surface area contributed by atoms with Crippen LogP contribution in [0.4, 0.5) is 0 Å². The lowest BCUT2D eigenvalue weighted by Gasteiger charge is -2.20. The summed E-state index contributed by atoms with van der Waals surface area (Å²) < 4.78 is 5.65. The second kappa shape index (κ2) is 8.79. The molecule has 2 aromatic carbocycles. The van der Waals surface area contributed by atoms with E-state index < -0.39 is 0 Å². The average Bonchev–Trinajstić information content (AvgIpc) is 2.50. The van der Waals surface area contributed by atoms with Crippen molar-refractivity contribution in [3.63, 3.8) is 0 Å². The Hall–Kier alpha value is -1.55. The van der Waals surface area contributed by atoms with Gasteiger partial charge in [-0.1, -0.05) is 41.9 Å². The predicted molar refractivity (Wildman–Crippen MR) is 90.6 cm³/mol. The van der Waals surface area contributed by atoms with Crippen molar-refractivity contribution in [2.75, 3.05) is 26.7 Å². The van der Waals surface area contributed by atoms with Crippen LogP contribution < -0.4 is 4.74 Å². The molecule has 0 aliphatic rings. The number of nitrogens with zero attached hydrogens (tertiary/aromatic N) is 1. The summed E-state index contributed by atoms with van der Waals surface area (Å²) in [6.07, 6.45) is 0.298. The molecule has 3 nitrogen and oxygen atoms in total. The van der Waals surface area contributed by atoms with Crippen molar-refractivity contribution < 1.29 is 9.84 Å². The van der Waals surface area contributed by atoms with E-state index in [9.17, 15) is 5.11 Å². The molecule has 22 heavy (non-hydrogen) atoms. The highest BCUT2D eigenvalue weighted by Gasteiger charge is 2.09. The number of aliphatic hydroxyl groups is 1. The van der Waals surface area contributed by atoms with Gasteiger partial charge in [-0.15, -0.1) is 0 Å². The molecule has 1 unspecified atom stereocenters. The van der Waals surface area contributed by atoms with Crippen LogP contribution in [-0.4, -0.2) is 42.9 Å². The Kier molecular flexibility index (Phi) is 6.72. The highest BCUT2D eigenvalue weighted by atomic mass is 35.5. The van der Waals surface area contributed by atoms with Gasteiger partial charge in [-0.25, -0.2) is 0 Å². The Morgan fingerprint density at radius 1 is 1.09 bits per heavy atom. The molecule has 0 aliphatic heterocycles. The Bertz CT molecular complexity index is 545. The zero-order chi connectivity index (χ0) is 15.8. The van der Waals surface area contributed by atoms with Gasteiger partial charge in [-0.05, 0) is 43.3 Å². The molecule has 0 aliphatic carbocycles. The molecule has 0 saturated heterocycles. The van der Waals surface area contributed by atoms with E-state index in [0.717, 1.165) is 17.9 Å². The fourth-order valence-electron chi connectivity index (χ4n) is 2.25. The highest BCUT2D eigenvalue weighted by Crippen LogP contribution is 2.15. The number of hydrogen-bond acceptors (Lipinski definition) is 3. The molecular weight excluding hydrogens is 298 g/mol. The van der Waals surface area contributed by atoms with Gasteiger partial charge in [0.25, 0.3) is 0 Å². The van der Waals surface area contributed by atoms with Gasteiger partial charge < -0.3 is 14.7 Å². The maximum Gasteiger partial charge on any atom is 0.119 e. The minimum atomic E-state index is -0.372. The smallest absolute Gasteiger partial charge is 0.119 e. The lowest BCUT2D eigenvalue weighted by Crippen LogP contribution is -2.33. The van der Waals surface area contributed by atoms with Crippen LogP contribution in [0.1, 0.15) is 5.56 Å². The third-order valence-corrected chi connectivity index (χ3v) is 3.64. The molecule has 0 aromatic heterocycles. The second-order valence-corrected chi connectivity index (χ2v) is 5.84. The summed E-state index contributed by atoms with van der Waals surface area (Å²) in [6, 6.07) is 17.4. The molecule has 1 N–H and O–H groups in total. The molecule has 0 amide bonds. The molecule has 4 heteroatoms. The summed E-state index contributed by atoms with van der Waals surface area (Å²) in [5, 5.41) is 10.8. The van der Waals surface area contributed by atoms with Gasteiger partial charge in [-0.2, -0.15) is 0 Å². The van der Waals surface area contributed by atoms with Crippen LogP contribution >= 0.6 is 11.6 Å². The first-order valence-corrected chi connectivity index (χ1v) is 7.80. The van der Waals surface area contributed by atoms with E-state index in [2.05, 4.69) is 4.90 Å². The average molecular weight is 320 g/mol. The largest absolute Gasteiger partial charge is 0.492 e. The number of aliphatic hydroxyl groups excluding tert-OH is 1. The third kappa shape index (κ3) is 6.06. The molecule has 0 radical (unpaired) electrons. The Labute approximate surface area is 137 Å². The minimum Gasteiger partial charge on any atom is -0.492 e. The summed E-state index contributed by atoms with van der Waals surface area (Å²) in [7, 11) is 1.99. The summed E-state index contributed by atoms with van der Waals surface area (Å²) in [4.78, 5) is 2.07. The van der Waals surface area contributed by atoms with Crippen molar-refractivity contribution in [1.82, 2.24) is 4.90 Å². The summed E-state index contributed by atoms with van der Waals surface area (Å²) in [5.74, 6) is 0.808. The van der Waals surface area contributed by atoms with Crippen LogP contribution in [0.3, 0.4) is 0 Å². The van der Waals surface area contributed by atoms with Crippen LogP contribution in [-0.2, 0) is 6.42 Å². The number of halogens is 1. The van der Waals surface area contributed by atoms with Crippen molar-refractivity contribution in [2.24, 2.45) is 0 Å². The lowest BCUT2D eigenvalue weighted by molar-refractivity contribution is 0.117. The molecule has 2 aromatic rings. The van der Waals surface area contributed by atoms with Crippen LogP contribution in [0, 0.1) is 0 Å². The molecule has 1 atom stereocenters. The molecule has 0 fully saturated rings. The van der Waals surface area contributed by atoms with Crippen LogP contribution in [0.2, 0.25) is 5.02 Å². The Morgan fingerprint density at radius 3 is 2.45 bits per heavy atom. The van der Waals surface area contributed by atoms with Gasteiger partial charge >= 0.3 is 0 Å². The molecule has 0 heterocycles. The van der Waals surface area contributed by atoms with Gasteiger partial charge in [0.05, 0.1) is 6.10 Å². The molecule has 2 rings (SSSR count). The zero-order valence-corrected chi connectivity index (χ0v) is 13.5. The Balaban J connectivity index is 1.66. The number of rotatable bonds is 8. The van der Waals surface area contributed by atoms with Crippen LogP contribution in [0.5, 0.6) is 5.75 Å². The quantitative estimate of drug-likeness (QED) is 0.810. The normalized spacial score (nSPS) is 12.4. The van der Waals surface area contributed by atoms with Crippen LogP contribution in [0.15, 0.2) is 54.6 Å². The first-order chi connectivity index (χ1) is 10.6. The zero-order valence-electron chi connectivity index (χ0n) is 12.8. The van der Waals surface area contributed by atoms with Gasteiger partial charge in [0, 0.05) is 18.1 Å². The lowest BCUT2D eigenvalue weighted by atomic mass is 10.1. The third-order valence-electron chi connectivity index (χ3n) is 3.39. The molecule has 0 bridgehead atoms. The van der Waals surface area contributed by atoms with Crippen molar-refractivity contribution >= 4 is 11.6 Å². The van der Waals surface area contributed by atoms with E-state index in [1.807, 2.05) is 61.6 Å². The monoisotopic (exact) mass is 319 g/mol. The number of hydrogen-bond donors (Lipinski definition) is 1. The fraction of sp³-hybridized carbons (Fsp3) is 0.333. The molecule has 118 valence electrons. The van der Waals surface area contributed by atoms with E-state index in [1.165, 1.54) is 0 Å². The van der Waals surface area contributed by atoms with E-state index in [1.54, 1.807) is 0 Å². The number of likely N-dealkylation sites (N-methyl/N-ethyl adjacent to an activating group) is 1. The van der Waals surface area contributed by atoms with Gasteiger partial charge in [0.2, 0.25) is 0 Å². The van der Waals surface area contributed by atoms with E-state index in [0.29, 0.717) is 24.6 Å². The maximum absolute atomic E-state index is 10.1. The summed E-state index contributed by atoms with van der Waals surface area (Å²) >= 11 is 5.83. The van der Waals surface area contributed by atoms with E-state index in [-0.39, 0.29) is 6.10 Å². The maximum atomic E-state index is 10.1. The van der Waals surface area contributed by atoms with Gasteiger partial charge in [0.1, 0.15) is 12.4 Å². The van der Waals surface area contributed by atoms with Gasteiger partial charge in [0.15, 0.2) is 0 Å². The summed E-state index contributed by atoms with van der Waals surface area (Å²) in [6.45, 7) is 1.96. The molecule has 0 saturated carbocycles.